The molecular formula is C39H39N5O3S. The number of carbonyl (C=O) groups is 1. The van der Waals surface area contributed by atoms with Crippen molar-refractivity contribution in [1.82, 2.24) is 14.5 Å². The van der Waals surface area contributed by atoms with Gasteiger partial charge in [-0.3, -0.25) is 0 Å². The molecule has 5 aromatic rings. The monoisotopic (exact) mass is 657 g/mol. The third-order valence-electron chi connectivity index (χ3n) is 9.82. The summed E-state index contributed by atoms with van der Waals surface area (Å²) in [6, 6.07) is 31.2. The zero-order valence-electron chi connectivity index (χ0n) is 27.4. The molecule has 8 rings (SSSR count). The summed E-state index contributed by atoms with van der Waals surface area (Å²) in [5.74, 6) is 0.683. The number of urea groups is 1. The quantitative estimate of drug-likeness (QED) is 0.175. The predicted octanol–water partition coefficient (Wildman–Crippen LogP) is 7.76. The van der Waals surface area contributed by atoms with E-state index in [2.05, 4.69) is 28.1 Å². The van der Waals surface area contributed by atoms with Crippen molar-refractivity contribution in [3.05, 3.63) is 142 Å². The second kappa shape index (κ2) is 11.4. The van der Waals surface area contributed by atoms with E-state index in [1.165, 1.54) is 28.5 Å². The summed E-state index contributed by atoms with van der Waals surface area (Å²) in [6.45, 7) is 6.59. The molecule has 1 aliphatic heterocycles. The van der Waals surface area contributed by atoms with Gasteiger partial charge in [0.2, 0.25) is 5.88 Å². The van der Waals surface area contributed by atoms with E-state index >= 15 is 4.21 Å². The van der Waals surface area contributed by atoms with Gasteiger partial charge in [0, 0.05) is 5.69 Å². The first kappa shape index (κ1) is 30.4. The molecule has 0 fully saturated rings. The van der Waals surface area contributed by atoms with Gasteiger partial charge in [0.05, 0.1) is 12.7 Å². The topological polar surface area (TPSA) is 97.6 Å². The molecule has 0 radical (unpaired) electrons. The predicted molar refractivity (Wildman–Crippen MR) is 188 cm³/mol. The summed E-state index contributed by atoms with van der Waals surface area (Å²) in [7, 11) is -3.80. The Kier molecular flexibility index (Phi) is 7.21. The molecule has 2 heterocycles. The van der Waals surface area contributed by atoms with Crippen molar-refractivity contribution in [3.8, 4) is 5.88 Å². The van der Waals surface area contributed by atoms with Crippen LogP contribution in [-0.4, -0.2) is 25.6 Å². The Morgan fingerprint density at radius 1 is 0.938 bits per heavy atom. The molecule has 2 atom stereocenters. The van der Waals surface area contributed by atoms with Crippen molar-refractivity contribution >= 4 is 21.6 Å². The van der Waals surface area contributed by atoms with Gasteiger partial charge in [-0.25, -0.2) is 18.4 Å². The minimum atomic E-state index is -3.80. The molecule has 0 bridgehead atoms. The first-order valence-corrected chi connectivity index (χ1v) is 18.1. The summed E-state index contributed by atoms with van der Waals surface area (Å²) in [4.78, 5) is 14.5. The van der Waals surface area contributed by atoms with E-state index in [-0.39, 0.29) is 4.90 Å². The molecular weight excluding hydrogens is 619 g/mol. The van der Waals surface area contributed by atoms with Crippen molar-refractivity contribution < 1.29 is 13.7 Å². The van der Waals surface area contributed by atoms with Gasteiger partial charge in [-0.05, 0) is 84.4 Å². The van der Waals surface area contributed by atoms with E-state index < -0.39 is 27.1 Å². The van der Waals surface area contributed by atoms with Gasteiger partial charge in [0.1, 0.15) is 16.0 Å². The highest BCUT2D eigenvalue weighted by atomic mass is 32.2. The third-order valence-corrected chi connectivity index (χ3v) is 11.7. The zero-order valence-corrected chi connectivity index (χ0v) is 28.2. The van der Waals surface area contributed by atoms with Gasteiger partial charge in [-0.15, -0.1) is 0 Å². The number of ether oxygens (including phenoxy) is 1. The fourth-order valence-electron chi connectivity index (χ4n) is 7.70. The Labute approximate surface area is 281 Å². The van der Waals surface area contributed by atoms with E-state index in [1.54, 1.807) is 4.68 Å². The lowest BCUT2D eigenvalue weighted by Crippen LogP contribution is -2.39. The summed E-state index contributed by atoms with van der Waals surface area (Å²) in [6.07, 6.45) is 5.48. The molecule has 8 nitrogen and oxygen atoms in total. The molecule has 9 heteroatoms. The number of hydrogen-bond acceptors (Lipinski definition) is 5. The zero-order chi connectivity index (χ0) is 33.1. The number of aryl methyl sites for hydroxylation is 1. The first-order valence-electron chi connectivity index (χ1n) is 16.6. The van der Waals surface area contributed by atoms with Crippen LogP contribution in [0.5, 0.6) is 5.88 Å². The maximum Gasteiger partial charge on any atom is 0.331 e. The number of hydrogen-bond donors (Lipinski definition) is 2. The normalized spacial score (nSPS) is 18.4. The number of carbonyl (C=O) groups excluding carboxylic acids is 1. The van der Waals surface area contributed by atoms with Crippen LogP contribution in [0.2, 0.25) is 0 Å². The Bertz CT molecular complexity index is 2050. The molecule has 2 N–H and O–H groups in total. The highest BCUT2D eigenvalue weighted by Crippen LogP contribution is 2.47. The molecule has 1 unspecified atom stereocenters. The van der Waals surface area contributed by atoms with Gasteiger partial charge >= 0.3 is 6.03 Å². The smallest absolute Gasteiger partial charge is 0.331 e. The van der Waals surface area contributed by atoms with Crippen LogP contribution in [-0.2, 0) is 41.3 Å². The number of nitrogens with zero attached hydrogens (tertiary/aromatic N) is 3. The Morgan fingerprint density at radius 2 is 1.54 bits per heavy atom. The van der Waals surface area contributed by atoms with Crippen LogP contribution >= 0.6 is 0 Å². The average molecular weight is 658 g/mol. The number of benzene rings is 4. The summed E-state index contributed by atoms with van der Waals surface area (Å²) in [5, 5.41) is 7.75. The van der Waals surface area contributed by atoms with Crippen molar-refractivity contribution in [2.24, 2.45) is 4.36 Å². The molecule has 2 amide bonds. The van der Waals surface area contributed by atoms with Crippen LogP contribution in [0.25, 0.3) is 0 Å². The number of aromatic nitrogens is 2. The van der Waals surface area contributed by atoms with Gasteiger partial charge in [0.15, 0.2) is 9.92 Å². The SMILES string of the molecule is C[C@@H]1Cc2cc3c(c(NC(=O)NS(=O)(=NC(c4ccccc4)(c4ccccc4)c4ccccc4)c4cnn5c4OC(C)(C)C5)c21)CCC3. The summed E-state index contributed by atoms with van der Waals surface area (Å²) < 4.78 is 32.3. The maximum absolute atomic E-state index is 15.9. The van der Waals surface area contributed by atoms with E-state index in [1.807, 2.05) is 105 Å². The molecule has 4 aromatic carbocycles. The number of amides is 2. The van der Waals surface area contributed by atoms with Crippen LogP contribution in [0.15, 0.2) is 113 Å². The van der Waals surface area contributed by atoms with Crippen molar-refractivity contribution in [2.45, 2.75) is 75.0 Å². The van der Waals surface area contributed by atoms with E-state index in [0.29, 0.717) is 18.3 Å². The largest absolute Gasteiger partial charge is 0.469 e. The lowest BCUT2D eigenvalue weighted by molar-refractivity contribution is 0.132. The highest BCUT2D eigenvalue weighted by molar-refractivity contribution is 7.92. The second-order valence-corrected chi connectivity index (χ2v) is 15.6. The molecule has 0 saturated carbocycles. The Balaban J connectivity index is 1.35. The summed E-state index contributed by atoms with van der Waals surface area (Å²) in [5.41, 5.74) is 6.36. The Morgan fingerprint density at radius 3 is 2.12 bits per heavy atom. The van der Waals surface area contributed by atoms with Crippen LogP contribution in [0.3, 0.4) is 0 Å². The molecule has 2 aliphatic carbocycles. The number of fused-ring (bicyclic) bond motifs is 3. The van der Waals surface area contributed by atoms with Gasteiger partial charge in [-0.2, -0.15) is 9.46 Å². The van der Waals surface area contributed by atoms with E-state index in [4.69, 9.17) is 9.10 Å². The van der Waals surface area contributed by atoms with Crippen LogP contribution in [0.1, 0.15) is 72.1 Å². The lowest BCUT2D eigenvalue weighted by atomic mass is 9.75. The number of nitrogens with one attached hydrogen (secondary N) is 2. The number of rotatable bonds is 7. The van der Waals surface area contributed by atoms with Crippen molar-refractivity contribution in [3.63, 3.8) is 0 Å². The molecule has 1 aromatic heterocycles. The summed E-state index contributed by atoms with van der Waals surface area (Å²) >= 11 is 0. The Hall–Kier alpha value is -4.89. The molecule has 0 spiro atoms. The fraction of sp³-hybridized carbons (Fsp3) is 0.282. The first-order chi connectivity index (χ1) is 23.2. The fourth-order valence-corrected chi connectivity index (χ4v) is 9.53. The van der Waals surface area contributed by atoms with Gasteiger partial charge < -0.3 is 10.1 Å². The van der Waals surface area contributed by atoms with Crippen LogP contribution < -0.4 is 14.8 Å². The molecule has 48 heavy (non-hydrogen) atoms. The maximum atomic E-state index is 15.9. The molecule has 0 saturated heterocycles. The van der Waals surface area contributed by atoms with Crippen molar-refractivity contribution in [1.29, 1.82) is 0 Å². The standard InChI is InChI=1S/C39H39N5O3S/c1-26-22-28-23-27-14-13-21-32(27)35(34(26)28)41-37(45)42-48(46,33-24-40-44-25-38(2,3)47-36(33)44)43-39(29-15-7-4-8-16-29,30-17-9-5-10-18-30)31-19-11-6-12-20-31/h4-12,15-20,23-24,26H,13-14,21-22,25H2,1-3H3,(H2,41,42,43,45,46)/t26-,48?/m1/s1. The minimum absolute atomic E-state index is 0.232. The van der Waals surface area contributed by atoms with Crippen LogP contribution in [0, 0.1) is 0 Å². The van der Waals surface area contributed by atoms with Crippen molar-refractivity contribution in [2.75, 3.05) is 5.32 Å². The number of anilines is 1. The van der Waals surface area contributed by atoms with E-state index in [0.717, 1.165) is 48.1 Å². The van der Waals surface area contributed by atoms with Crippen LogP contribution in [0.4, 0.5) is 10.5 Å². The average Bonchev–Trinajstić information content (AvgIpc) is 3.78. The molecule has 3 aliphatic rings. The van der Waals surface area contributed by atoms with E-state index in [9.17, 15) is 4.79 Å². The molecule has 244 valence electrons. The second-order valence-electron chi connectivity index (χ2n) is 13.7. The van der Waals surface area contributed by atoms with Gasteiger partial charge in [0.25, 0.3) is 0 Å². The third kappa shape index (κ3) is 4.99. The lowest BCUT2D eigenvalue weighted by Gasteiger charge is -2.33. The highest BCUT2D eigenvalue weighted by Gasteiger charge is 2.42. The minimum Gasteiger partial charge on any atom is -0.469 e. The van der Waals surface area contributed by atoms with Gasteiger partial charge in [-0.1, -0.05) is 104 Å².